The number of carbonyl (C=O) groups is 2. The SMILES string of the molecule is Cc1ccsc1C1/C(=C(/O)c2cccc([N+](=O)[O-])c2)C(=O)C(=O)N1Cc1cccnc1. The summed E-state index contributed by atoms with van der Waals surface area (Å²) in [6.45, 7) is 2.00. The van der Waals surface area contributed by atoms with Gasteiger partial charge in [-0.1, -0.05) is 18.2 Å². The van der Waals surface area contributed by atoms with Crippen molar-refractivity contribution in [3.8, 4) is 0 Å². The maximum atomic E-state index is 13.0. The van der Waals surface area contributed by atoms with E-state index in [0.717, 1.165) is 16.0 Å². The van der Waals surface area contributed by atoms with Crippen LogP contribution in [0, 0.1) is 17.0 Å². The van der Waals surface area contributed by atoms with Crippen molar-refractivity contribution in [3.05, 3.63) is 97.5 Å². The maximum absolute atomic E-state index is 13.0. The van der Waals surface area contributed by atoms with Gasteiger partial charge in [0.2, 0.25) is 0 Å². The first-order valence-electron chi connectivity index (χ1n) is 9.34. The number of hydrogen-bond donors (Lipinski definition) is 1. The number of carbonyl (C=O) groups excluding carboxylic acids is 2. The average Bonchev–Trinajstić information content (AvgIpc) is 3.30. The van der Waals surface area contributed by atoms with Gasteiger partial charge >= 0.3 is 0 Å². The molecule has 1 amide bonds. The van der Waals surface area contributed by atoms with Gasteiger partial charge in [-0.15, -0.1) is 11.3 Å². The number of nitro benzene ring substituents is 1. The number of benzene rings is 1. The lowest BCUT2D eigenvalue weighted by Gasteiger charge is -2.24. The fourth-order valence-corrected chi connectivity index (χ4v) is 4.64. The average molecular weight is 435 g/mol. The molecule has 1 N–H and O–H groups in total. The number of nitro groups is 1. The van der Waals surface area contributed by atoms with E-state index in [9.17, 15) is 24.8 Å². The number of nitrogens with zero attached hydrogens (tertiary/aromatic N) is 3. The Kier molecular flexibility index (Phi) is 5.35. The molecule has 1 unspecified atom stereocenters. The number of non-ortho nitro benzene ring substituents is 1. The standard InChI is InChI=1S/C22H17N3O5S/c1-13-7-9-31-21(13)18-17(19(26)15-5-2-6-16(10-15)25(29)30)20(27)22(28)24(18)12-14-4-3-8-23-11-14/h2-11,18,26H,12H2,1H3/b19-17-. The number of pyridine rings is 1. The molecule has 156 valence electrons. The molecule has 0 saturated carbocycles. The number of thiophene rings is 1. The quantitative estimate of drug-likeness (QED) is 0.213. The van der Waals surface area contributed by atoms with Crippen molar-refractivity contribution in [1.29, 1.82) is 0 Å². The second-order valence-corrected chi connectivity index (χ2v) is 8.01. The topological polar surface area (TPSA) is 114 Å². The Morgan fingerprint density at radius 2 is 2.06 bits per heavy atom. The van der Waals surface area contributed by atoms with Gasteiger partial charge in [-0.2, -0.15) is 0 Å². The number of aryl methyl sites for hydroxylation is 1. The zero-order valence-corrected chi connectivity index (χ0v) is 17.2. The molecule has 1 aliphatic heterocycles. The molecule has 3 aromatic rings. The van der Waals surface area contributed by atoms with Crippen LogP contribution in [0.1, 0.15) is 27.6 Å². The fraction of sp³-hybridized carbons (Fsp3) is 0.136. The Labute approximate surface area is 181 Å². The van der Waals surface area contributed by atoms with Crippen molar-refractivity contribution >= 4 is 34.5 Å². The van der Waals surface area contributed by atoms with Gasteiger partial charge in [0, 0.05) is 41.5 Å². The predicted molar refractivity (Wildman–Crippen MR) is 114 cm³/mol. The number of likely N-dealkylation sites (tertiary alicyclic amines) is 1. The second-order valence-electron chi connectivity index (χ2n) is 7.06. The fourth-order valence-electron chi connectivity index (χ4n) is 3.59. The maximum Gasteiger partial charge on any atom is 0.295 e. The zero-order valence-electron chi connectivity index (χ0n) is 16.4. The Bertz CT molecular complexity index is 1220. The molecule has 1 fully saturated rings. The minimum atomic E-state index is -0.828. The number of aliphatic hydroxyl groups is 1. The molecule has 8 nitrogen and oxygen atoms in total. The van der Waals surface area contributed by atoms with Gasteiger partial charge in [0.25, 0.3) is 17.4 Å². The van der Waals surface area contributed by atoms with Crippen LogP contribution in [0.5, 0.6) is 0 Å². The third-order valence-electron chi connectivity index (χ3n) is 5.10. The van der Waals surface area contributed by atoms with Crippen LogP contribution in [0.15, 0.2) is 65.8 Å². The van der Waals surface area contributed by atoms with E-state index >= 15 is 0 Å². The number of hydrogen-bond acceptors (Lipinski definition) is 7. The number of amides is 1. The first-order chi connectivity index (χ1) is 14.9. The van der Waals surface area contributed by atoms with E-state index in [-0.39, 0.29) is 23.4 Å². The van der Waals surface area contributed by atoms with Crippen LogP contribution in [-0.2, 0) is 16.1 Å². The summed E-state index contributed by atoms with van der Waals surface area (Å²) in [4.78, 5) is 42.7. The second kappa shape index (κ2) is 8.11. The Hall–Kier alpha value is -3.85. The van der Waals surface area contributed by atoms with Gasteiger partial charge in [-0.05, 0) is 35.6 Å². The molecule has 0 spiro atoms. The summed E-state index contributed by atoms with van der Waals surface area (Å²) in [7, 11) is 0. The van der Waals surface area contributed by atoms with Crippen LogP contribution in [-0.4, -0.2) is 31.6 Å². The first-order valence-corrected chi connectivity index (χ1v) is 10.2. The molecule has 9 heteroatoms. The van der Waals surface area contributed by atoms with Crippen molar-refractivity contribution in [2.75, 3.05) is 0 Å². The molecule has 1 atom stereocenters. The van der Waals surface area contributed by atoms with E-state index in [1.807, 2.05) is 18.4 Å². The van der Waals surface area contributed by atoms with Crippen LogP contribution < -0.4 is 0 Å². The Balaban J connectivity index is 1.87. The van der Waals surface area contributed by atoms with Gasteiger partial charge in [0.05, 0.1) is 10.5 Å². The summed E-state index contributed by atoms with van der Waals surface area (Å²) in [5.41, 5.74) is 1.40. The van der Waals surface area contributed by atoms with E-state index in [1.54, 1.807) is 24.5 Å². The number of rotatable bonds is 5. The molecule has 1 aromatic carbocycles. The third kappa shape index (κ3) is 3.71. The van der Waals surface area contributed by atoms with Crippen molar-refractivity contribution in [3.63, 3.8) is 0 Å². The van der Waals surface area contributed by atoms with Crippen LogP contribution in [0.2, 0.25) is 0 Å². The molecular formula is C22H17N3O5S. The highest BCUT2D eigenvalue weighted by atomic mass is 32.1. The van der Waals surface area contributed by atoms with Gasteiger partial charge < -0.3 is 10.0 Å². The van der Waals surface area contributed by atoms with Crippen molar-refractivity contribution in [2.24, 2.45) is 0 Å². The molecule has 0 radical (unpaired) electrons. The van der Waals surface area contributed by atoms with E-state index < -0.39 is 28.4 Å². The van der Waals surface area contributed by atoms with Gasteiger partial charge in [-0.3, -0.25) is 24.7 Å². The summed E-state index contributed by atoms with van der Waals surface area (Å²) < 4.78 is 0. The molecule has 0 bridgehead atoms. The number of Topliss-reactive ketones (excluding diaryl/α,β-unsaturated/α-hetero) is 1. The van der Waals surface area contributed by atoms with Crippen LogP contribution in [0.3, 0.4) is 0 Å². The number of aromatic nitrogens is 1. The summed E-state index contributed by atoms with van der Waals surface area (Å²) in [6.07, 6.45) is 3.22. The lowest BCUT2D eigenvalue weighted by molar-refractivity contribution is -0.384. The van der Waals surface area contributed by atoms with Gasteiger partial charge in [0.15, 0.2) is 0 Å². The molecule has 4 rings (SSSR count). The highest BCUT2D eigenvalue weighted by Crippen LogP contribution is 2.43. The van der Waals surface area contributed by atoms with Crippen molar-refractivity contribution < 1.29 is 19.6 Å². The minimum absolute atomic E-state index is 0.0834. The van der Waals surface area contributed by atoms with Gasteiger partial charge in [0.1, 0.15) is 11.8 Å². The smallest absolute Gasteiger partial charge is 0.295 e. The van der Waals surface area contributed by atoms with E-state index in [4.69, 9.17) is 0 Å². The molecule has 0 aliphatic carbocycles. The van der Waals surface area contributed by atoms with Crippen LogP contribution in [0.4, 0.5) is 5.69 Å². The minimum Gasteiger partial charge on any atom is -0.507 e. The Morgan fingerprint density at radius 3 is 2.71 bits per heavy atom. The van der Waals surface area contributed by atoms with Crippen molar-refractivity contribution in [2.45, 2.75) is 19.5 Å². The van der Waals surface area contributed by atoms with E-state index in [0.29, 0.717) is 0 Å². The molecule has 1 saturated heterocycles. The summed E-state index contributed by atoms with van der Waals surface area (Å²) in [5, 5.41) is 24.0. The third-order valence-corrected chi connectivity index (χ3v) is 6.17. The van der Waals surface area contributed by atoms with Crippen LogP contribution in [0.25, 0.3) is 5.76 Å². The zero-order chi connectivity index (χ0) is 22.1. The molecule has 3 heterocycles. The monoisotopic (exact) mass is 435 g/mol. The lowest BCUT2D eigenvalue weighted by atomic mass is 9.98. The molecule has 31 heavy (non-hydrogen) atoms. The first kappa shape index (κ1) is 20.4. The summed E-state index contributed by atoms with van der Waals surface area (Å²) in [5.74, 6) is -2.01. The summed E-state index contributed by atoms with van der Waals surface area (Å²) in [6, 6.07) is 9.96. The number of aliphatic hydroxyl groups excluding tert-OH is 1. The predicted octanol–water partition coefficient (Wildman–Crippen LogP) is 3.98. The van der Waals surface area contributed by atoms with Crippen molar-refractivity contribution in [1.82, 2.24) is 9.88 Å². The Morgan fingerprint density at radius 1 is 1.26 bits per heavy atom. The molecule has 1 aliphatic rings. The highest BCUT2D eigenvalue weighted by molar-refractivity contribution is 7.10. The van der Waals surface area contributed by atoms with Crippen LogP contribution >= 0.6 is 11.3 Å². The molecular weight excluding hydrogens is 418 g/mol. The highest BCUT2D eigenvalue weighted by Gasteiger charge is 2.47. The normalized spacial score (nSPS) is 17.8. The lowest BCUT2D eigenvalue weighted by Crippen LogP contribution is -2.29. The number of ketones is 1. The summed E-state index contributed by atoms with van der Waals surface area (Å²) >= 11 is 1.37. The van der Waals surface area contributed by atoms with E-state index in [2.05, 4.69) is 4.98 Å². The largest absolute Gasteiger partial charge is 0.507 e. The van der Waals surface area contributed by atoms with Gasteiger partial charge in [-0.25, -0.2) is 0 Å². The molecule has 2 aromatic heterocycles. The van der Waals surface area contributed by atoms with E-state index in [1.165, 1.54) is 40.5 Å².